The first-order chi connectivity index (χ1) is 10.8. The number of aromatic amines is 1. The molecule has 0 bridgehead atoms. The van der Waals surface area contributed by atoms with E-state index in [-0.39, 0.29) is 30.0 Å². The van der Waals surface area contributed by atoms with Gasteiger partial charge in [-0.25, -0.2) is 4.98 Å². The lowest BCUT2D eigenvalue weighted by Gasteiger charge is -2.11. The van der Waals surface area contributed by atoms with Crippen molar-refractivity contribution in [2.75, 3.05) is 6.61 Å². The van der Waals surface area contributed by atoms with Gasteiger partial charge in [0.2, 0.25) is 5.78 Å². The van der Waals surface area contributed by atoms with Crippen molar-refractivity contribution in [2.24, 2.45) is 7.05 Å². The largest absolute Gasteiger partial charge is 0.433 e. The van der Waals surface area contributed by atoms with Gasteiger partial charge >= 0.3 is 6.18 Å². The van der Waals surface area contributed by atoms with Gasteiger partial charge in [-0.15, -0.1) is 0 Å². The second kappa shape index (κ2) is 6.37. The fraction of sp³-hybridized carbons (Fsp3) is 0.357. The maximum atomic E-state index is 12.8. The van der Waals surface area contributed by atoms with Crippen LogP contribution in [-0.2, 0) is 24.6 Å². The van der Waals surface area contributed by atoms with Crippen LogP contribution in [0.2, 0.25) is 0 Å². The van der Waals surface area contributed by atoms with Crippen molar-refractivity contribution in [1.82, 2.24) is 14.8 Å². The molecule has 0 unspecified atom stereocenters. The number of carbonyl (C=O) groups excluding carboxylic acids is 1. The SMILES string of the molecule is CCOCc1nc(C(F)(F)F)ccc1C(=O)c1c[nH]n(C)c1=O. The molecule has 6 nitrogen and oxygen atoms in total. The van der Waals surface area contributed by atoms with Gasteiger partial charge < -0.3 is 9.84 Å². The molecule has 2 aromatic heterocycles. The van der Waals surface area contributed by atoms with Crippen LogP contribution >= 0.6 is 0 Å². The Balaban J connectivity index is 2.50. The van der Waals surface area contributed by atoms with E-state index in [1.165, 1.54) is 13.2 Å². The third-order valence-electron chi connectivity index (χ3n) is 3.13. The first-order valence-electron chi connectivity index (χ1n) is 6.69. The fourth-order valence-electron chi connectivity index (χ4n) is 1.94. The molecule has 0 aliphatic rings. The Kier molecular flexibility index (Phi) is 4.69. The topological polar surface area (TPSA) is 77.0 Å². The molecule has 0 spiro atoms. The summed E-state index contributed by atoms with van der Waals surface area (Å²) in [6, 6.07) is 1.72. The highest BCUT2D eigenvalue weighted by Crippen LogP contribution is 2.28. The van der Waals surface area contributed by atoms with Gasteiger partial charge in [0.15, 0.2) is 0 Å². The van der Waals surface area contributed by atoms with Crippen molar-refractivity contribution in [1.29, 1.82) is 0 Å². The summed E-state index contributed by atoms with van der Waals surface area (Å²) >= 11 is 0. The Labute approximate surface area is 128 Å². The molecule has 0 aromatic carbocycles. The Morgan fingerprint density at radius 1 is 1.35 bits per heavy atom. The first kappa shape index (κ1) is 16.9. The van der Waals surface area contributed by atoms with Crippen LogP contribution in [0.25, 0.3) is 0 Å². The number of ketones is 1. The van der Waals surface area contributed by atoms with Crippen molar-refractivity contribution >= 4 is 5.78 Å². The van der Waals surface area contributed by atoms with Crippen molar-refractivity contribution in [3.05, 3.63) is 51.2 Å². The van der Waals surface area contributed by atoms with E-state index >= 15 is 0 Å². The van der Waals surface area contributed by atoms with E-state index in [4.69, 9.17) is 4.74 Å². The quantitative estimate of drug-likeness (QED) is 0.850. The first-order valence-corrected chi connectivity index (χ1v) is 6.69. The molecule has 0 saturated carbocycles. The summed E-state index contributed by atoms with van der Waals surface area (Å²) < 4.78 is 44.5. The minimum absolute atomic E-state index is 0.0943. The number of aryl methyl sites for hydroxylation is 1. The van der Waals surface area contributed by atoms with E-state index in [1.807, 2.05) is 0 Å². The minimum Gasteiger partial charge on any atom is -0.375 e. The smallest absolute Gasteiger partial charge is 0.375 e. The van der Waals surface area contributed by atoms with Crippen molar-refractivity contribution in [3.8, 4) is 0 Å². The Hall–Kier alpha value is -2.42. The number of halogens is 3. The molecule has 0 atom stereocenters. The number of nitrogens with one attached hydrogen (secondary N) is 1. The van der Waals surface area contributed by atoms with E-state index in [1.54, 1.807) is 6.92 Å². The molecule has 0 aliphatic heterocycles. The number of rotatable bonds is 5. The standard InChI is InChI=1S/C14H14F3N3O3/c1-3-23-7-10-8(4-5-11(19-10)14(15,16)17)12(21)9-6-18-20(2)13(9)22/h4-6,18H,3,7H2,1-2H3. The van der Waals surface area contributed by atoms with Crippen LogP contribution < -0.4 is 5.56 Å². The minimum atomic E-state index is -4.63. The molecule has 2 rings (SSSR count). The molecule has 1 N–H and O–H groups in total. The number of H-pyrrole nitrogens is 1. The number of aromatic nitrogens is 3. The predicted octanol–water partition coefficient (Wildman–Crippen LogP) is 1.89. The van der Waals surface area contributed by atoms with Gasteiger partial charge in [-0.05, 0) is 19.1 Å². The van der Waals surface area contributed by atoms with Crippen LogP contribution in [-0.4, -0.2) is 27.2 Å². The molecule has 0 aliphatic carbocycles. The number of nitrogens with zero attached hydrogens (tertiary/aromatic N) is 2. The van der Waals surface area contributed by atoms with Crippen LogP contribution in [0.3, 0.4) is 0 Å². The summed E-state index contributed by atoms with van der Waals surface area (Å²) in [5, 5.41) is 2.54. The molecule has 0 saturated heterocycles. The van der Waals surface area contributed by atoms with Crippen LogP contribution in [0.5, 0.6) is 0 Å². The number of alkyl halides is 3. The van der Waals surface area contributed by atoms with Gasteiger partial charge in [-0.1, -0.05) is 0 Å². The number of hydrogen-bond donors (Lipinski definition) is 1. The highest BCUT2D eigenvalue weighted by atomic mass is 19.4. The number of carbonyl (C=O) groups is 1. The average Bonchev–Trinajstić information content (AvgIpc) is 2.83. The van der Waals surface area contributed by atoms with Crippen LogP contribution in [0.4, 0.5) is 13.2 Å². The molecule has 9 heteroatoms. The highest BCUT2D eigenvalue weighted by Gasteiger charge is 2.33. The Morgan fingerprint density at radius 3 is 2.57 bits per heavy atom. The lowest BCUT2D eigenvalue weighted by atomic mass is 10.0. The Bertz CT molecular complexity index is 778. The Morgan fingerprint density at radius 2 is 2.04 bits per heavy atom. The van der Waals surface area contributed by atoms with Crippen molar-refractivity contribution in [3.63, 3.8) is 0 Å². The zero-order valence-electron chi connectivity index (χ0n) is 12.4. The van der Waals surface area contributed by atoms with Crippen molar-refractivity contribution < 1.29 is 22.7 Å². The third kappa shape index (κ3) is 3.50. The monoisotopic (exact) mass is 329 g/mol. The summed E-state index contributed by atoms with van der Waals surface area (Å²) in [5.74, 6) is -0.706. The van der Waals surface area contributed by atoms with Gasteiger partial charge in [0.1, 0.15) is 11.3 Å². The van der Waals surface area contributed by atoms with Crippen LogP contribution in [0, 0.1) is 0 Å². The molecule has 0 fully saturated rings. The molecular formula is C14H14F3N3O3. The van der Waals surface area contributed by atoms with E-state index in [2.05, 4.69) is 10.1 Å². The van der Waals surface area contributed by atoms with Gasteiger partial charge in [0.05, 0.1) is 12.3 Å². The van der Waals surface area contributed by atoms with Gasteiger partial charge in [-0.3, -0.25) is 14.3 Å². The molecular weight excluding hydrogens is 315 g/mol. The lowest BCUT2D eigenvalue weighted by molar-refractivity contribution is -0.141. The highest BCUT2D eigenvalue weighted by molar-refractivity contribution is 6.09. The zero-order chi connectivity index (χ0) is 17.2. The number of hydrogen-bond acceptors (Lipinski definition) is 4. The normalized spacial score (nSPS) is 11.7. The maximum Gasteiger partial charge on any atom is 0.433 e. The number of ether oxygens (including phenoxy) is 1. The van der Waals surface area contributed by atoms with E-state index in [0.717, 1.165) is 10.7 Å². The number of pyridine rings is 1. The average molecular weight is 329 g/mol. The lowest BCUT2D eigenvalue weighted by Crippen LogP contribution is -2.21. The van der Waals surface area contributed by atoms with Gasteiger partial charge in [-0.2, -0.15) is 13.2 Å². The fourth-order valence-corrected chi connectivity index (χ4v) is 1.94. The molecule has 23 heavy (non-hydrogen) atoms. The van der Waals surface area contributed by atoms with E-state index in [9.17, 15) is 22.8 Å². The van der Waals surface area contributed by atoms with Crippen molar-refractivity contribution in [2.45, 2.75) is 19.7 Å². The molecule has 2 heterocycles. The molecule has 2 aromatic rings. The van der Waals surface area contributed by atoms with Crippen LogP contribution in [0.15, 0.2) is 23.1 Å². The summed E-state index contributed by atoms with van der Waals surface area (Å²) in [6.45, 7) is 1.65. The molecule has 0 radical (unpaired) electrons. The molecule has 124 valence electrons. The van der Waals surface area contributed by atoms with E-state index < -0.39 is 23.2 Å². The van der Waals surface area contributed by atoms with E-state index in [0.29, 0.717) is 6.07 Å². The van der Waals surface area contributed by atoms with Crippen LogP contribution in [0.1, 0.15) is 34.2 Å². The summed E-state index contributed by atoms with van der Waals surface area (Å²) in [5.41, 5.74) is -2.12. The maximum absolute atomic E-state index is 12.8. The van der Waals surface area contributed by atoms with Gasteiger partial charge in [0, 0.05) is 25.4 Å². The zero-order valence-corrected chi connectivity index (χ0v) is 12.4. The molecule has 0 amide bonds. The van der Waals surface area contributed by atoms with Gasteiger partial charge in [0.25, 0.3) is 5.56 Å². The second-order valence-electron chi connectivity index (χ2n) is 4.71. The predicted molar refractivity (Wildman–Crippen MR) is 74.0 cm³/mol. The summed E-state index contributed by atoms with van der Waals surface area (Å²) in [4.78, 5) is 27.7. The summed E-state index contributed by atoms with van der Waals surface area (Å²) in [6.07, 6.45) is -3.43. The summed E-state index contributed by atoms with van der Waals surface area (Å²) in [7, 11) is 1.42. The second-order valence-corrected chi connectivity index (χ2v) is 4.71. The third-order valence-corrected chi connectivity index (χ3v) is 3.13.